The Hall–Kier alpha value is -1.46. The van der Waals surface area contributed by atoms with E-state index in [2.05, 4.69) is 11.2 Å². The lowest BCUT2D eigenvalue weighted by Gasteiger charge is -2.16. The Morgan fingerprint density at radius 1 is 1.39 bits per heavy atom. The summed E-state index contributed by atoms with van der Waals surface area (Å²) in [4.78, 5) is 0. The first kappa shape index (κ1) is 13.0. The summed E-state index contributed by atoms with van der Waals surface area (Å²) in [6.07, 6.45) is 11.2. The summed E-state index contributed by atoms with van der Waals surface area (Å²) in [5.74, 6) is 3.33. The molecule has 0 bridgehead atoms. The third-order valence-electron chi connectivity index (χ3n) is 3.65. The van der Waals surface area contributed by atoms with Crippen molar-refractivity contribution in [2.24, 2.45) is 5.92 Å². The third kappa shape index (κ3) is 3.78. The van der Waals surface area contributed by atoms with Gasteiger partial charge >= 0.3 is 0 Å². The van der Waals surface area contributed by atoms with Crippen LogP contribution in [0.4, 0.5) is 5.69 Å². The van der Waals surface area contributed by atoms with Gasteiger partial charge in [0, 0.05) is 17.8 Å². The highest BCUT2D eigenvalue weighted by Gasteiger charge is 2.18. The Morgan fingerprint density at radius 2 is 2.17 bits per heavy atom. The highest BCUT2D eigenvalue weighted by Crippen LogP contribution is 2.28. The van der Waals surface area contributed by atoms with Crippen LogP contribution in [0.25, 0.3) is 0 Å². The largest absolute Gasteiger partial charge is 0.391 e. The SMILES string of the molecule is C#Cc1cccc(NCC(O)CC2CCCC2)c1. The number of anilines is 1. The minimum absolute atomic E-state index is 0.261. The summed E-state index contributed by atoms with van der Waals surface area (Å²) in [5, 5.41) is 13.2. The maximum atomic E-state index is 9.99. The molecule has 2 heteroatoms. The molecular weight excluding hydrogens is 222 g/mol. The van der Waals surface area contributed by atoms with Gasteiger partial charge in [-0.15, -0.1) is 6.42 Å². The number of aliphatic hydroxyl groups excluding tert-OH is 1. The van der Waals surface area contributed by atoms with E-state index in [9.17, 15) is 5.11 Å². The molecule has 0 saturated heterocycles. The van der Waals surface area contributed by atoms with Gasteiger partial charge in [-0.25, -0.2) is 0 Å². The first-order valence-corrected chi connectivity index (χ1v) is 6.76. The van der Waals surface area contributed by atoms with Crippen molar-refractivity contribution in [2.45, 2.75) is 38.2 Å². The Bertz CT molecular complexity index is 415. The first-order chi connectivity index (χ1) is 8.78. The molecule has 1 aliphatic rings. The van der Waals surface area contributed by atoms with Gasteiger partial charge in [0.25, 0.3) is 0 Å². The van der Waals surface area contributed by atoms with Gasteiger partial charge in [-0.05, 0) is 30.5 Å². The van der Waals surface area contributed by atoms with E-state index in [1.165, 1.54) is 25.7 Å². The molecule has 2 nitrogen and oxygen atoms in total. The molecule has 0 aromatic heterocycles. The Balaban J connectivity index is 1.77. The maximum Gasteiger partial charge on any atom is 0.0715 e. The lowest BCUT2D eigenvalue weighted by atomic mass is 10.00. The second-order valence-electron chi connectivity index (χ2n) is 5.15. The van der Waals surface area contributed by atoms with E-state index in [0.29, 0.717) is 6.54 Å². The molecular formula is C16H21NO. The zero-order valence-corrected chi connectivity index (χ0v) is 10.7. The third-order valence-corrected chi connectivity index (χ3v) is 3.65. The van der Waals surface area contributed by atoms with Crippen LogP contribution in [0, 0.1) is 18.3 Å². The second kappa shape index (κ2) is 6.47. The van der Waals surface area contributed by atoms with Crippen LogP contribution in [0.3, 0.4) is 0 Å². The van der Waals surface area contributed by atoms with Crippen LogP contribution in [0.2, 0.25) is 0 Å². The van der Waals surface area contributed by atoms with Crippen LogP contribution in [-0.2, 0) is 0 Å². The summed E-state index contributed by atoms with van der Waals surface area (Å²) in [5.41, 5.74) is 1.85. The number of hydrogen-bond donors (Lipinski definition) is 2. The zero-order chi connectivity index (χ0) is 12.8. The average Bonchev–Trinajstić information content (AvgIpc) is 2.89. The highest BCUT2D eigenvalue weighted by molar-refractivity contribution is 5.49. The van der Waals surface area contributed by atoms with Crippen LogP contribution in [0.1, 0.15) is 37.7 Å². The molecule has 18 heavy (non-hydrogen) atoms. The predicted octanol–water partition coefficient (Wildman–Crippen LogP) is 3.02. The molecule has 0 amide bonds. The molecule has 0 aliphatic heterocycles. The van der Waals surface area contributed by atoms with Crippen molar-refractivity contribution in [3.8, 4) is 12.3 Å². The molecule has 2 rings (SSSR count). The van der Waals surface area contributed by atoms with Crippen LogP contribution in [-0.4, -0.2) is 17.8 Å². The van der Waals surface area contributed by atoms with Gasteiger partial charge in [-0.2, -0.15) is 0 Å². The highest BCUT2D eigenvalue weighted by atomic mass is 16.3. The molecule has 2 N–H and O–H groups in total. The van der Waals surface area contributed by atoms with Gasteiger partial charge in [0.05, 0.1) is 6.10 Å². The number of hydrogen-bond acceptors (Lipinski definition) is 2. The summed E-state index contributed by atoms with van der Waals surface area (Å²) < 4.78 is 0. The quantitative estimate of drug-likeness (QED) is 0.779. The van der Waals surface area contributed by atoms with Gasteiger partial charge in [-0.1, -0.05) is 37.7 Å². The van der Waals surface area contributed by atoms with E-state index in [0.717, 1.165) is 23.6 Å². The van der Waals surface area contributed by atoms with Crippen molar-refractivity contribution in [3.63, 3.8) is 0 Å². The topological polar surface area (TPSA) is 32.3 Å². The Morgan fingerprint density at radius 3 is 2.89 bits per heavy atom. The molecule has 1 atom stereocenters. The Labute approximate surface area is 109 Å². The molecule has 1 aromatic rings. The van der Waals surface area contributed by atoms with Crippen LogP contribution in [0.15, 0.2) is 24.3 Å². The number of nitrogens with one attached hydrogen (secondary N) is 1. The predicted molar refractivity (Wildman–Crippen MR) is 75.4 cm³/mol. The smallest absolute Gasteiger partial charge is 0.0715 e. The number of terminal acetylenes is 1. The molecule has 0 radical (unpaired) electrons. The molecule has 1 saturated carbocycles. The minimum Gasteiger partial charge on any atom is -0.391 e. The molecule has 1 unspecified atom stereocenters. The van der Waals surface area contributed by atoms with Crippen molar-refractivity contribution < 1.29 is 5.11 Å². The van der Waals surface area contributed by atoms with Gasteiger partial charge < -0.3 is 10.4 Å². The van der Waals surface area contributed by atoms with Crippen molar-refractivity contribution in [1.29, 1.82) is 0 Å². The summed E-state index contributed by atoms with van der Waals surface area (Å²) in [6, 6.07) is 7.74. The van der Waals surface area contributed by atoms with E-state index in [4.69, 9.17) is 6.42 Å². The van der Waals surface area contributed by atoms with Gasteiger partial charge in [0.15, 0.2) is 0 Å². The summed E-state index contributed by atoms with van der Waals surface area (Å²) in [7, 11) is 0. The van der Waals surface area contributed by atoms with Gasteiger partial charge in [0.1, 0.15) is 0 Å². The molecule has 0 spiro atoms. The molecule has 1 fully saturated rings. The van der Waals surface area contributed by atoms with Crippen molar-refractivity contribution in [2.75, 3.05) is 11.9 Å². The normalized spacial score (nSPS) is 17.3. The van der Waals surface area contributed by atoms with Crippen LogP contribution >= 0.6 is 0 Å². The number of rotatable bonds is 5. The molecule has 1 aromatic carbocycles. The molecule has 1 aliphatic carbocycles. The second-order valence-corrected chi connectivity index (χ2v) is 5.15. The van der Waals surface area contributed by atoms with E-state index in [-0.39, 0.29) is 6.10 Å². The van der Waals surface area contributed by atoms with Crippen molar-refractivity contribution in [1.82, 2.24) is 0 Å². The lowest BCUT2D eigenvalue weighted by Crippen LogP contribution is -2.22. The van der Waals surface area contributed by atoms with E-state index >= 15 is 0 Å². The Kier molecular flexibility index (Phi) is 4.66. The zero-order valence-electron chi connectivity index (χ0n) is 10.7. The van der Waals surface area contributed by atoms with Gasteiger partial charge in [0.2, 0.25) is 0 Å². The fraction of sp³-hybridized carbons (Fsp3) is 0.500. The van der Waals surface area contributed by atoms with E-state index < -0.39 is 0 Å². The monoisotopic (exact) mass is 243 g/mol. The molecule has 0 heterocycles. The van der Waals surface area contributed by atoms with Crippen molar-refractivity contribution in [3.05, 3.63) is 29.8 Å². The van der Waals surface area contributed by atoms with Crippen molar-refractivity contribution >= 4 is 5.69 Å². The standard InChI is InChI=1S/C16H21NO/c1-2-13-8-5-9-15(10-13)17-12-16(18)11-14-6-3-4-7-14/h1,5,8-10,14,16-18H,3-4,6-7,11-12H2. The minimum atomic E-state index is -0.261. The lowest BCUT2D eigenvalue weighted by molar-refractivity contribution is 0.155. The summed E-state index contributed by atoms with van der Waals surface area (Å²) in [6.45, 7) is 0.602. The number of benzene rings is 1. The van der Waals surface area contributed by atoms with E-state index in [1.54, 1.807) is 0 Å². The first-order valence-electron chi connectivity index (χ1n) is 6.76. The average molecular weight is 243 g/mol. The van der Waals surface area contributed by atoms with Gasteiger partial charge in [-0.3, -0.25) is 0 Å². The molecule has 96 valence electrons. The maximum absolute atomic E-state index is 9.99. The summed E-state index contributed by atoms with van der Waals surface area (Å²) >= 11 is 0. The fourth-order valence-electron chi connectivity index (χ4n) is 2.67. The number of aliphatic hydroxyl groups is 1. The van der Waals surface area contributed by atoms with Crippen LogP contribution < -0.4 is 5.32 Å². The fourth-order valence-corrected chi connectivity index (χ4v) is 2.67. The van der Waals surface area contributed by atoms with Crippen LogP contribution in [0.5, 0.6) is 0 Å². The van der Waals surface area contributed by atoms with E-state index in [1.807, 2.05) is 24.3 Å².